The number of carbonyl (C=O) groups is 1. The molecule has 21 heavy (non-hydrogen) atoms. The van der Waals surface area contributed by atoms with Gasteiger partial charge in [0.2, 0.25) is 0 Å². The topological polar surface area (TPSA) is 58.2 Å². The van der Waals surface area contributed by atoms with Gasteiger partial charge in [-0.15, -0.1) is 0 Å². The summed E-state index contributed by atoms with van der Waals surface area (Å²) in [5.74, 6) is 0.808. The molecule has 0 bridgehead atoms. The molecule has 5 nitrogen and oxygen atoms in total. The normalized spacial score (nSPS) is 24.2. The van der Waals surface area contributed by atoms with Gasteiger partial charge in [-0.3, -0.25) is 9.89 Å². The average molecular weight is 291 g/mol. The predicted molar refractivity (Wildman–Crippen MR) is 80.2 cm³/mol. The van der Waals surface area contributed by atoms with Gasteiger partial charge in [0, 0.05) is 18.8 Å². The Labute approximate surface area is 126 Å². The van der Waals surface area contributed by atoms with Crippen LogP contribution in [0.5, 0.6) is 0 Å². The van der Waals surface area contributed by atoms with Crippen LogP contribution in [0.3, 0.4) is 0 Å². The van der Waals surface area contributed by atoms with Crippen LogP contribution in [0.2, 0.25) is 0 Å². The van der Waals surface area contributed by atoms with Crippen LogP contribution in [-0.4, -0.2) is 46.8 Å². The monoisotopic (exact) mass is 291 g/mol. The molecule has 116 valence electrons. The third-order valence-electron chi connectivity index (χ3n) is 4.67. The number of carbonyl (C=O) groups excluding carboxylic acids is 1. The van der Waals surface area contributed by atoms with Crippen molar-refractivity contribution in [3.8, 4) is 0 Å². The molecular weight excluding hydrogens is 266 g/mol. The van der Waals surface area contributed by atoms with Crippen LogP contribution in [0, 0.1) is 12.8 Å². The Bertz CT molecular complexity index is 480. The first-order valence-corrected chi connectivity index (χ1v) is 8.15. The van der Waals surface area contributed by atoms with Gasteiger partial charge in [0.05, 0.1) is 12.7 Å². The summed E-state index contributed by atoms with van der Waals surface area (Å²) in [6.45, 7) is 3.94. The number of amides is 1. The molecule has 1 aromatic rings. The maximum absolute atomic E-state index is 12.4. The largest absolute Gasteiger partial charge is 0.375 e. The molecule has 1 aliphatic carbocycles. The van der Waals surface area contributed by atoms with Gasteiger partial charge in [-0.2, -0.15) is 5.10 Å². The Hall–Kier alpha value is -1.36. The molecule has 2 fully saturated rings. The van der Waals surface area contributed by atoms with Crippen LogP contribution in [-0.2, 0) is 4.74 Å². The van der Waals surface area contributed by atoms with E-state index < -0.39 is 0 Å². The van der Waals surface area contributed by atoms with Gasteiger partial charge in [0.25, 0.3) is 5.91 Å². The molecule has 1 N–H and O–H groups in total. The van der Waals surface area contributed by atoms with E-state index in [1.165, 1.54) is 32.1 Å². The second kappa shape index (κ2) is 6.60. The second-order valence-corrected chi connectivity index (χ2v) is 6.42. The van der Waals surface area contributed by atoms with E-state index in [0.717, 1.165) is 18.0 Å². The molecule has 0 radical (unpaired) electrons. The van der Waals surface area contributed by atoms with Crippen molar-refractivity contribution in [2.24, 2.45) is 5.92 Å². The Morgan fingerprint density at radius 3 is 2.95 bits per heavy atom. The van der Waals surface area contributed by atoms with E-state index in [9.17, 15) is 4.79 Å². The first-order chi connectivity index (χ1) is 10.2. The Morgan fingerprint density at radius 2 is 2.24 bits per heavy atom. The number of morpholine rings is 1. The van der Waals surface area contributed by atoms with Crippen molar-refractivity contribution in [2.75, 3.05) is 19.7 Å². The minimum atomic E-state index is 0.0243. The Balaban J connectivity index is 1.56. The summed E-state index contributed by atoms with van der Waals surface area (Å²) < 4.78 is 5.88. The summed E-state index contributed by atoms with van der Waals surface area (Å²) in [7, 11) is 0. The van der Waals surface area contributed by atoms with E-state index in [4.69, 9.17) is 4.74 Å². The highest BCUT2D eigenvalue weighted by molar-refractivity contribution is 5.92. The minimum absolute atomic E-state index is 0.0243. The lowest BCUT2D eigenvalue weighted by atomic mass is 9.85. The first-order valence-electron chi connectivity index (χ1n) is 8.15. The van der Waals surface area contributed by atoms with Crippen LogP contribution in [0.1, 0.15) is 54.7 Å². The van der Waals surface area contributed by atoms with Gasteiger partial charge in [-0.1, -0.05) is 32.1 Å². The van der Waals surface area contributed by atoms with E-state index in [-0.39, 0.29) is 12.0 Å². The molecule has 5 heteroatoms. The van der Waals surface area contributed by atoms with Crippen molar-refractivity contribution in [3.05, 3.63) is 17.5 Å². The van der Waals surface area contributed by atoms with Crippen molar-refractivity contribution in [3.63, 3.8) is 0 Å². The highest BCUT2D eigenvalue weighted by atomic mass is 16.5. The molecule has 1 amide bonds. The Kier molecular flexibility index (Phi) is 4.58. The van der Waals surface area contributed by atoms with Gasteiger partial charge < -0.3 is 9.64 Å². The summed E-state index contributed by atoms with van der Waals surface area (Å²) in [6, 6.07) is 1.81. The number of hydrogen-bond acceptors (Lipinski definition) is 3. The molecule has 1 aromatic heterocycles. The van der Waals surface area contributed by atoms with Crippen LogP contribution in [0.4, 0.5) is 0 Å². The molecule has 0 unspecified atom stereocenters. The highest BCUT2D eigenvalue weighted by Crippen LogP contribution is 2.29. The summed E-state index contributed by atoms with van der Waals surface area (Å²) in [5, 5.41) is 6.91. The molecule has 1 aliphatic heterocycles. The van der Waals surface area contributed by atoms with Gasteiger partial charge >= 0.3 is 0 Å². The molecule has 1 saturated heterocycles. The van der Waals surface area contributed by atoms with Crippen LogP contribution in [0.25, 0.3) is 0 Å². The number of nitrogens with zero attached hydrogens (tertiary/aromatic N) is 2. The molecule has 1 atom stereocenters. The standard InChI is InChI=1S/C16H25N3O2/c1-12-9-15(18-17-12)16(20)19-7-8-21-14(11-19)10-13-5-3-2-4-6-13/h9,13-14H,2-8,10-11H2,1H3,(H,17,18)/t14-/m0/s1. The Morgan fingerprint density at radius 1 is 1.43 bits per heavy atom. The van der Waals surface area contributed by atoms with Crippen molar-refractivity contribution >= 4 is 5.91 Å². The number of aromatic nitrogens is 2. The van der Waals surface area contributed by atoms with E-state index in [0.29, 0.717) is 25.4 Å². The molecule has 2 heterocycles. The molecule has 2 aliphatic rings. The van der Waals surface area contributed by atoms with Crippen molar-refractivity contribution in [1.82, 2.24) is 15.1 Å². The zero-order valence-corrected chi connectivity index (χ0v) is 12.8. The van der Waals surface area contributed by atoms with Crippen LogP contribution in [0.15, 0.2) is 6.07 Å². The number of nitrogens with one attached hydrogen (secondary N) is 1. The summed E-state index contributed by atoms with van der Waals surface area (Å²) >= 11 is 0. The van der Waals surface area contributed by atoms with Gasteiger partial charge in [-0.05, 0) is 25.3 Å². The number of H-pyrrole nitrogens is 1. The van der Waals surface area contributed by atoms with E-state index in [2.05, 4.69) is 10.2 Å². The number of hydrogen-bond donors (Lipinski definition) is 1. The predicted octanol–water partition coefficient (Wildman–Crippen LogP) is 2.53. The molecule has 1 saturated carbocycles. The summed E-state index contributed by atoms with van der Waals surface area (Å²) in [5.41, 5.74) is 1.44. The second-order valence-electron chi connectivity index (χ2n) is 6.42. The summed E-state index contributed by atoms with van der Waals surface area (Å²) in [4.78, 5) is 14.3. The number of aromatic amines is 1. The third-order valence-corrected chi connectivity index (χ3v) is 4.67. The van der Waals surface area contributed by atoms with Crippen molar-refractivity contribution in [1.29, 1.82) is 0 Å². The highest BCUT2D eigenvalue weighted by Gasteiger charge is 2.28. The van der Waals surface area contributed by atoms with E-state index >= 15 is 0 Å². The smallest absolute Gasteiger partial charge is 0.274 e. The maximum atomic E-state index is 12.4. The van der Waals surface area contributed by atoms with E-state index in [1.807, 2.05) is 17.9 Å². The maximum Gasteiger partial charge on any atom is 0.274 e. The molecule has 0 spiro atoms. The lowest BCUT2D eigenvalue weighted by Gasteiger charge is -2.35. The van der Waals surface area contributed by atoms with E-state index in [1.54, 1.807) is 0 Å². The number of rotatable bonds is 3. The first kappa shape index (κ1) is 14.6. The third kappa shape index (κ3) is 3.64. The fourth-order valence-electron chi connectivity index (χ4n) is 3.53. The average Bonchev–Trinajstić information content (AvgIpc) is 2.94. The van der Waals surface area contributed by atoms with Crippen molar-refractivity contribution in [2.45, 2.75) is 51.6 Å². The molecular formula is C16H25N3O2. The van der Waals surface area contributed by atoms with Gasteiger partial charge in [-0.25, -0.2) is 0 Å². The number of ether oxygens (including phenoxy) is 1. The van der Waals surface area contributed by atoms with Gasteiger partial charge in [0.1, 0.15) is 5.69 Å². The summed E-state index contributed by atoms with van der Waals surface area (Å²) in [6.07, 6.45) is 8.04. The quantitative estimate of drug-likeness (QED) is 0.931. The molecule has 3 rings (SSSR count). The zero-order chi connectivity index (χ0) is 14.7. The zero-order valence-electron chi connectivity index (χ0n) is 12.8. The minimum Gasteiger partial charge on any atom is -0.375 e. The SMILES string of the molecule is Cc1cc(C(=O)N2CCO[C@@H](CC3CCCCC3)C2)n[nH]1. The fourth-order valence-corrected chi connectivity index (χ4v) is 3.53. The lowest BCUT2D eigenvalue weighted by Crippen LogP contribution is -2.46. The number of aryl methyl sites for hydroxylation is 1. The van der Waals surface area contributed by atoms with Crippen LogP contribution < -0.4 is 0 Å². The van der Waals surface area contributed by atoms with Gasteiger partial charge in [0.15, 0.2) is 0 Å². The lowest BCUT2D eigenvalue weighted by molar-refractivity contribution is -0.0338. The fraction of sp³-hybridized carbons (Fsp3) is 0.750. The molecule has 0 aromatic carbocycles. The van der Waals surface area contributed by atoms with Crippen molar-refractivity contribution < 1.29 is 9.53 Å². The van der Waals surface area contributed by atoms with Crippen LogP contribution >= 0.6 is 0 Å².